The Morgan fingerprint density at radius 2 is 1.93 bits per heavy atom. The summed E-state index contributed by atoms with van der Waals surface area (Å²) in [7, 11) is -3.49. The minimum atomic E-state index is -3.49. The molecule has 1 N–H and O–H groups in total. The van der Waals surface area contributed by atoms with Crippen LogP contribution < -0.4 is 0 Å². The molecule has 0 aliphatic heterocycles. The van der Waals surface area contributed by atoms with Crippen molar-refractivity contribution in [3.8, 4) is 0 Å². The standard InChI is InChI=1S/C10H11ClO3S/c11-8-3-1-2-4-9(8)15(13,14)10(7-12)5-6-10/h1-4,12H,5-7H2. The van der Waals surface area contributed by atoms with Crippen molar-refractivity contribution in [1.29, 1.82) is 0 Å². The van der Waals surface area contributed by atoms with Gasteiger partial charge in [-0.25, -0.2) is 8.42 Å². The Bertz CT molecular complexity index is 477. The van der Waals surface area contributed by atoms with Crippen LogP contribution in [-0.2, 0) is 9.84 Å². The number of rotatable bonds is 3. The maximum atomic E-state index is 12.1. The van der Waals surface area contributed by atoms with Gasteiger partial charge in [0.15, 0.2) is 9.84 Å². The number of aliphatic hydroxyl groups excluding tert-OH is 1. The molecular formula is C10H11ClO3S. The number of hydrogen-bond acceptors (Lipinski definition) is 3. The van der Waals surface area contributed by atoms with Crippen molar-refractivity contribution in [2.45, 2.75) is 22.5 Å². The fourth-order valence-corrected chi connectivity index (χ4v) is 3.85. The van der Waals surface area contributed by atoms with Crippen molar-refractivity contribution in [2.24, 2.45) is 0 Å². The quantitative estimate of drug-likeness (QED) is 0.882. The minimum absolute atomic E-state index is 0.123. The fourth-order valence-electron chi connectivity index (χ4n) is 1.55. The second-order valence-electron chi connectivity index (χ2n) is 3.77. The minimum Gasteiger partial charge on any atom is -0.395 e. The summed E-state index contributed by atoms with van der Waals surface area (Å²) in [5.41, 5.74) is 0. The Balaban J connectivity index is 2.52. The molecule has 0 amide bonds. The number of benzene rings is 1. The molecule has 0 radical (unpaired) electrons. The topological polar surface area (TPSA) is 54.4 Å². The second-order valence-corrected chi connectivity index (χ2v) is 6.49. The molecule has 0 bridgehead atoms. The molecule has 0 heterocycles. The second kappa shape index (κ2) is 3.47. The third kappa shape index (κ3) is 1.57. The largest absolute Gasteiger partial charge is 0.395 e. The summed E-state index contributed by atoms with van der Waals surface area (Å²) in [5, 5.41) is 9.34. The van der Waals surface area contributed by atoms with E-state index >= 15 is 0 Å². The Labute approximate surface area is 93.6 Å². The van der Waals surface area contributed by atoms with Gasteiger partial charge < -0.3 is 5.11 Å². The number of aliphatic hydroxyl groups is 1. The lowest BCUT2D eigenvalue weighted by Crippen LogP contribution is -2.27. The molecule has 82 valence electrons. The highest BCUT2D eigenvalue weighted by molar-refractivity contribution is 7.93. The van der Waals surface area contributed by atoms with E-state index in [1.54, 1.807) is 18.2 Å². The molecule has 1 aromatic carbocycles. The van der Waals surface area contributed by atoms with E-state index in [-0.39, 0.29) is 16.5 Å². The molecule has 0 aromatic heterocycles. The molecule has 0 spiro atoms. The summed E-state index contributed by atoms with van der Waals surface area (Å²) >= 11 is 5.84. The molecule has 1 aliphatic carbocycles. The summed E-state index contributed by atoms with van der Waals surface area (Å²) in [5.74, 6) is 0. The Morgan fingerprint density at radius 3 is 2.40 bits per heavy atom. The van der Waals surface area contributed by atoms with E-state index in [1.807, 2.05) is 0 Å². The zero-order valence-corrected chi connectivity index (χ0v) is 9.55. The highest BCUT2D eigenvalue weighted by Crippen LogP contribution is 2.47. The first-order chi connectivity index (χ1) is 7.03. The Morgan fingerprint density at radius 1 is 1.33 bits per heavy atom. The van der Waals surface area contributed by atoms with Gasteiger partial charge in [0.25, 0.3) is 0 Å². The normalized spacial score (nSPS) is 18.8. The van der Waals surface area contributed by atoms with E-state index in [2.05, 4.69) is 0 Å². The summed E-state index contributed by atoms with van der Waals surface area (Å²) in [4.78, 5) is 0.123. The summed E-state index contributed by atoms with van der Waals surface area (Å²) in [6.07, 6.45) is 1.02. The molecule has 1 fully saturated rings. The van der Waals surface area contributed by atoms with Crippen molar-refractivity contribution in [1.82, 2.24) is 0 Å². The van der Waals surface area contributed by atoms with E-state index < -0.39 is 14.6 Å². The van der Waals surface area contributed by atoms with Crippen LogP contribution in [-0.4, -0.2) is 24.9 Å². The van der Waals surface area contributed by atoms with Crippen molar-refractivity contribution >= 4 is 21.4 Å². The van der Waals surface area contributed by atoms with Crippen LogP contribution in [0.1, 0.15) is 12.8 Å². The molecule has 5 heteroatoms. The first kappa shape index (κ1) is 10.9. The van der Waals surface area contributed by atoms with Gasteiger partial charge in [-0.05, 0) is 25.0 Å². The molecule has 0 unspecified atom stereocenters. The van der Waals surface area contributed by atoms with E-state index in [4.69, 9.17) is 16.7 Å². The predicted octanol–water partition coefficient (Wildman–Crippen LogP) is 1.64. The zero-order chi connectivity index (χ0) is 11.1. The molecule has 15 heavy (non-hydrogen) atoms. The van der Waals surface area contributed by atoms with E-state index in [0.29, 0.717) is 12.8 Å². The molecule has 1 saturated carbocycles. The van der Waals surface area contributed by atoms with Gasteiger partial charge in [-0.1, -0.05) is 23.7 Å². The summed E-state index contributed by atoms with van der Waals surface area (Å²) < 4.78 is 23.3. The maximum absolute atomic E-state index is 12.1. The van der Waals surface area contributed by atoms with Crippen LogP contribution >= 0.6 is 11.6 Å². The average molecular weight is 247 g/mol. The number of hydrogen-bond donors (Lipinski definition) is 1. The van der Waals surface area contributed by atoms with Gasteiger partial charge in [0.1, 0.15) is 0 Å². The molecule has 1 aromatic rings. The number of sulfone groups is 1. The lowest BCUT2D eigenvalue weighted by atomic mass is 10.4. The summed E-state index contributed by atoms with van der Waals surface area (Å²) in [6, 6.07) is 6.33. The van der Waals surface area contributed by atoms with Gasteiger partial charge in [-0.15, -0.1) is 0 Å². The third-order valence-corrected chi connectivity index (χ3v) is 5.85. The zero-order valence-electron chi connectivity index (χ0n) is 7.98. The van der Waals surface area contributed by atoms with Crippen LogP contribution in [0.2, 0.25) is 5.02 Å². The molecule has 0 atom stereocenters. The van der Waals surface area contributed by atoms with E-state index in [1.165, 1.54) is 6.07 Å². The van der Waals surface area contributed by atoms with Crippen LogP contribution in [0.3, 0.4) is 0 Å². The Hall–Kier alpha value is -0.580. The van der Waals surface area contributed by atoms with Crippen molar-refractivity contribution in [2.75, 3.05) is 6.61 Å². The van der Waals surface area contributed by atoms with Crippen molar-refractivity contribution in [3.05, 3.63) is 29.3 Å². The smallest absolute Gasteiger partial charge is 0.187 e. The van der Waals surface area contributed by atoms with Gasteiger partial charge >= 0.3 is 0 Å². The van der Waals surface area contributed by atoms with Gasteiger partial charge in [0.05, 0.1) is 21.3 Å². The van der Waals surface area contributed by atoms with Gasteiger partial charge in [0.2, 0.25) is 0 Å². The monoisotopic (exact) mass is 246 g/mol. The maximum Gasteiger partial charge on any atom is 0.187 e. The average Bonchev–Trinajstić information content (AvgIpc) is 2.98. The van der Waals surface area contributed by atoms with E-state index in [0.717, 1.165) is 0 Å². The fraction of sp³-hybridized carbons (Fsp3) is 0.400. The van der Waals surface area contributed by atoms with Crippen LogP contribution in [0.5, 0.6) is 0 Å². The number of halogens is 1. The first-order valence-electron chi connectivity index (χ1n) is 4.63. The van der Waals surface area contributed by atoms with E-state index in [9.17, 15) is 8.42 Å². The van der Waals surface area contributed by atoms with Crippen LogP contribution in [0.15, 0.2) is 29.2 Å². The Kier molecular flexibility index (Phi) is 2.53. The van der Waals surface area contributed by atoms with Crippen molar-refractivity contribution < 1.29 is 13.5 Å². The molecule has 0 saturated heterocycles. The third-order valence-electron chi connectivity index (χ3n) is 2.79. The lowest BCUT2D eigenvalue weighted by Gasteiger charge is -2.14. The molecular weight excluding hydrogens is 236 g/mol. The van der Waals surface area contributed by atoms with Gasteiger partial charge in [-0.3, -0.25) is 0 Å². The lowest BCUT2D eigenvalue weighted by molar-refractivity contribution is 0.283. The molecule has 1 aliphatic rings. The first-order valence-corrected chi connectivity index (χ1v) is 6.50. The van der Waals surface area contributed by atoms with Gasteiger partial charge in [-0.2, -0.15) is 0 Å². The van der Waals surface area contributed by atoms with Gasteiger partial charge in [0, 0.05) is 0 Å². The van der Waals surface area contributed by atoms with Crippen LogP contribution in [0.25, 0.3) is 0 Å². The van der Waals surface area contributed by atoms with Crippen LogP contribution in [0.4, 0.5) is 0 Å². The summed E-state index contributed by atoms with van der Waals surface area (Å²) in [6.45, 7) is -0.333. The molecule has 3 nitrogen and oxygen atoms in total. The highest BCUT2D eigenvalue weighted by Gasteiger charge is 2.55. The SMILES string of the molecule is O=S(=O)(c1ccccc1Cl)C1(CO)CC1. The van der Waals surface area contributed by atoms with Crippen molar-refractivity contribution in [3.63, 3.8) is 0 Å². The predicted molar refractivity (Wildman–Crippen MR) is 57.7 cm³/mol. The molecule has 2 rings (SSSR count). The van der Waals surface area contributed by atoms with Crippen LogP contribution in [0, 0.1) is 0 Å². The highest BCUT2D eigenvalue weighted by atomic mass is 35.5.